The minimum Gasteiger partial charge on any atom is -0.492 e. The fourth-order valence-corrected chi connectivity index (χ4v) is 4.83. The van der Waals surface area contributed by atoms with E-state index in [2.05, 4.69) is 15.9 Å². The summed E-state index contributed by atoms with van der Waals surface area (Å²) < 4.78 is 33.0. The molecule has 1 aromatic carbocycles. The fourth-order valence-electron chi connectivity index (χ4n) is 2.48. The molecule has 1 fully saturated rings. The van der Waals surface area contributed by atoms with Crippen LogP contribution in [0.25, 0.3) is 0 Å². The Morgan fingerprint density at radius 1 is 1.40 bits per heavy atom. The Hall–Kier alpha value is -0.630. The van der Waals surface area contributed by atoms with Gasteiger partial charge in [-0.1, -0.05) is 15.9 Å². The van der Waals surface area contributed by atoms with Gasteiger partial charge in [0.2, 0.25) is 10.0 Å². The number of fused-ring (bicyclic) bond motifs is 1. The smallest absolute Gasteiger partial charge is 0.217 e. The Labute approximate surface area is 127 Å². The van der Waals surface area contributed by atoms with Gasteiger partial charge in [0, 0.05) is 35.2 Å². The molecule has 0 saturated heterocycles. The van der Waals surface area contributed by atoms with Gasteiger partial charge in [0.1, 0.15) is 12.4 Å². The third kappa shape index (κ3) is 2.59. The molecule has 7 heteroatoms. The quantitative estimate of drug-likeness (QED) is 0.888. The molecule has 1 aromatic rings. The second kappa shape index (κ2) is 5.29. The molecule has 0 bridgehead atoms. The normalized spacial score (nSPS) is 20.1. The summed E-state index contributed by atoms with van der Waals surface area (Å²) in [5, 5.41) is -0.190. The highest BCUT2D eigenvalue weighted by atomic mass is 79.9. The number of benzene rings is 1. The van der Waals surface area contributed by atoms with Gasteiger partial charge in [0.05, 0.1) is 5.25 Å². The predicted octanol–water partition coefficient (Wildman–Crippen LogP) is 1.59. The van der Waals surface area contributed by atoms with Crippen LogP contribution in [0.4, 0.5) is 0 Å². The highest BCUT2D eigenvalue weighted by Crippen LogP contribution is 2.35. The largest absolute Gasteiger partial charge is 0.492 e. The van der Waals surface area contributed by atoms with E-state index in [1.54, 1.807) is 4.31 Å². The maximum atomic E-state index is 12.4. The van der Waals surface area contributed by atoms with Crippen LogP contribution >= 0.6 is 15.9 Å². The Morgan fingerprint density at radius 3 is 2.80 bits per heavy atom. The summed E-state index contributed by atoms with van der Waals surface area (Å²) in [6, 6.07) is 3.83. The van der Waals surface area contributed by atoms with Crippen LogP contribution in [0.2, 0.25) is 0 Å². The molecule has 1 saturated carbocycles. The zero-order valence-electron chi connectivity index (χ0n) is 11.0. The lowest BCUT2D eigenvalue weighted by Gasteiger charge is -2.19. The summed E-state index contributed by atoms with van der Waals surface area (Å²) in [5.74, 6) is 0.740. The summed E-state index contributed by atoms with van der Waals surface area (Å²) in [6.07, 6.45) is 1.55. The average Bonchev–Trinajstić information content (AvgIpc) is 3.23. The van der Waals surface area contributed by atoms with Crippen molar-refractivity contribution in [3.63, 3.8) is 0 Å². The van der Waals surface area contributed by atoms with Crippen molar-refractivity contribution in [2.45, 2.75) is 31.2 Å². The van der Waals surface area contributed by atoms with Crippen LogP contribution in [0.15, 0.2) is 16.6 Å². The molecule has 3 rings (SSSR count). The molecule has 110 valence electrons. The number of halogens is 1. The Balaban J connectivity index is 1.97. The maximum Gasteiger partial charge on any atom is 0.217 e. The van der Waals surface area contributed by atoms with Crippen LogP contribution in [0.1, 0.15) is 24.0 Å². The molecule has 2 N–H and O–H groups in total. The number of sulfonamides is 1. The first kappa shape index (κ1) is 14.3. The molecule has 1 heterocycles. The predicted molar refractivity (Wildman–Crippen MR) is 79.9 cm³/mol. The molecule has 0 atom stereocenters. The topological polar surface area (TPSA) is 72.6 Å². The van der Waals surface area contributed by atoms with E-state index in [0.29, 0.717) is 26.2 Å². The first-order valence-corrected chi connectivity index (χ1v) is 8.95. The van der Waals surface area contributed by atoms with E-state index in [9.17, 15) is 8.42 Å². The lowest BCUT2D eigenvalue weighted by atomic mass is 10.1. The van der Waals surface area contributed by atoms with E-state index in [-0.39, 0.29) is 5.25 Å². The van der Waals surface area contributed by atoms with Gasteiger partial charge >= 0.3 is 0 Å². The third-order valence-corrected chi connectivity index (χ3v) is 6.47. The lowest BCUT2D eigenvalue weighted by Crippen LogP contribution is -2.34. The minimum absolute atomic E-state index is 0.190. The SMILES string of the molecule is NCc1cc(Br)cc2c1OCCN(S(=O)(=O)C1CC1)C2. The van der Waals surface area contributed by atoms with E-state index in [1.165, 1.54) is 0 Å². The molecule has 20 heavy (non-hydrogen) atoms. The van der Waals surface area contributed by atoms with Crippen molar-refractivity contribution in [2.24, 2.45) is 5.73 Å². The molecule has 0 radical (unpaired) electrons. The monoisotopic (exact) mass is 360 g/mol. The van der Waals surface area contributed by atoms with Crippen molar-refractivity contribution in [2.75, 3.05) is 13.2 Å². The number of hydrogen-bond donors (Lipinski definition) is 1. The molecular weight excluding hydrogens is 344 g/mol. The van der Waals surface area contributed by atoms with Crippen molar-refractivity contribution >= 4 is 26.0 Å². The summed E-state index contributed by atoms with van der Waals surface area (Å²) >= 11 is 3.44. The summed E-state index contributed by atoms with van der Waals surface area (Å²) in [7, 11) is -3.18. The molecule has 2 aliphatic rings. The van der Waals surface area contributed by atoms with Gasteiger partial charge in [-0.15, -0.1) is 0 Å². The van der Waals surface area contributed by atoms with Gasteiger partial charge in [-0.2, -0.15) is 4.31 Å². The first-order chi connectivity index (χ1) is 9.52. The van der Waals surface area contributed by atoms with Crippen LogP contribution in [0.3, 0.4) is 0 Å². The molecule has 1 aliphatic heterocycles. The van der Waals surface area contributed by atoms with Gasteiger partial charge in [-0.05, 0) is 25.0 Å². The summed E-state index contributed by atoms with van der Waals surface area (Å²) in [5.41, 5.74) is 7.52. The molecule has 0 spiro atoms. The Morgan fingerprint density at radius 2 is 2.15 bits per heavy atom. The van der Waals surface area contributed by atoms with Crippen LogP contribution in [-0.4, -0.2) is 31.1 Å². The molecule has 1 aliphatic carbocycles. The van der Waals surface area contributed by atoms with Gasteiger partial charge in [-0.3, -0.25) is 0 Å². The van der Waals surface area contributed by atoms with Crippen molar-refractivity contribution in [3.05, 3.63) is 27.7 Å². The second-order valence-corrected chi connectivity index (χ2v) is 8.31. The van der Waals surface area contributed by atoms with Crippen LogP contribution < -0.4 is 10.5 Å². The maximum absolute atomic E-state index is 12.4. The minimum atomic E-state index is -3.18. The molecule has 0 aromatic heterocycles. The summed E-state index contributed by atoms with van der Waals surface area (Å²) in [6.45, 7) is 1.50. The number of rotatable bonds is 3. The fraction of sp³-hybridized carbons (Fsp3) is 0.538. The average molecular weight is 361 g/mol. The Bertz CT molecular complexity index is 629. The number of nitrogens with zero attached hydrogens (tertiary/aromatic N) is 1. The van der Waals surface area contributed by atoms with Gasteiger partial charge in [0.25, 0.3) is 0 Å². The summed E-state index contributed by atoms with van der Waals surface area (Å²) in [4.78, 5) is 0. The first-order valence-electron chi connectivity index (χ1n) is 6.65. The van der Waals surface area contributed by atoms with Crippen molar-refractivity contribution < 1.29 is 13.2 Å². The number of ether oxygens (including phenoxy) is 1. The lowest BCUT2D eigenvalue weighted by molar-refractivity contribution is 0.291. The van der Waals surface area contributed by atoms with E-state index in [0.717, 1.165) is 34.2 Å². The highest BCUT2D eigenvalue weighted by molar-refractivity contribution is 9.10. The zero-order valence-corrected chi connectivity index (χ0v) is 13.4. The van der Waals surface area contributed by atoms with Crippen LogP contribution in [0, 0.1) is 0 Å². The van der Waals surface area contributed by atoms with Crippen molar-refractivity contribution in [1.82, 2.24) is 4.31 Å². The molecule has 0 unspecified atom stereocenters. The standard InChI is InChI=1S/C13H17BrN2O3S/c14-11-5-9(7-15)13-10(6-11)8-16(3-4-19-13)20(17,18)12-1-2-12/h5-6,12H,1-4,7-8,15H2. The van der Waals surface area contributed by atoms with Gasteiger partial charge in [0.15, 0.2) is 0 Å². The van der Waals surface area contributed by atoms with Gasteiger partial charge < -0.3 is 10.5 Å². The van der Waals surface area contributed by atoms with Crippen LogP contribution in [0.5, 0.6) is 5.75 Å². The Kier molecular flexibility index (Phi) is 3.79. The van der Waals surface area contributed by atoms with Crippen LogP contribution in [-0.2, 0) is 23.1 Å². The van der Waals surface area contributed by atoms with E-state index in [4.69, 9.17) is 10.5 Å². The molecular formula is C13H17BrN2O3S. The van der Waals surface area contributed by atoms with Crippen molar-refractivity contribution in [3.8, 4) is 5.75 Å². The van der Waals surface area contributed by atoms with E-state index in [1.807, 2.05) is 12.1 Å². The second-order valence-electron chi connectivity index (χ2n) is 5.18. The zero-order chi connectivity index (χ0) is 14.3. The third-order valence-electron chi connectivity index (χ3n) is 3.67. The number of hydrogen-bond acceptors (Lipinski definition) is 4. The number of nitrogens with two attached hydrogens (primary N) is 1. The molecule has 0 amide bonds. The van der Waals surface area contributed by atoms with E-state index >= 15 is 0 Å². The molecule has 5 nitrogen and oxygen atoms in total. The van der Waals surface area contributed by atoms with E-state index < -0.39 is 10.0 Å². The van der Waals surface area contributed by atoms with Gasteiger partial charge in [-0.25, -0.2) is 8.42 Å². The van der Waals surface area contributed by atoms with Crippen molar-refractivity contribution in [1.29, 1.82) is 0 Å². The highest BCUT2D eigenvalue weighted by Gasteiger charge is 2.40.